The maximum Gasteiger partial charge on any atom is 0.149 e. The number of ether oxygens (including phenoxy) is 6. The van der Waals surface area contributed by atoms with Crippen molar-refractivity contribution >= 4 is 10.8 Å². The molecule has 13 rings (SSSR count). The number of phenols is 3. The summed E-state index contributed by atoms with van der Waals surface area (Å²) >= 11 is 0. The van der Waals surface area contributed by atoms with E-state index in [-0.39, 0.29) is 48.1 Å². The Morgan fingerprint density at radius 2 is 1.65 bits per heavy atom. The number of aliphatic hydroxyl groups is 2. The molecule has 0 radical (unpaired) electrons. The molecule has 10 unspecified atom stereocenters. The Hall–Kier alpha value is -5.72. The first-order valence-electron chi connectivity index (χ1n) is 29.7. The second-order valence-electron chi connectivity index (χ2n) is 24.7. The van der Waals surface area contributed by atoms with E-state index in [1.54, 1.807) is 31.4 Å². The van der Waals surface area contributed by atoms with Crippen LogP contribution in [0.25, 0.3) is 21.9 Å². The lowest BCUT2D eigenvalue weighted by Gasteiger charge is -2.58. The molecule has 3 spiro atoms. The van der Waals surface area contributed by atoms with Crippen molar-refractivity contribution < 1.29 is 54.0 Å². The summed E-state index contributed by atoms with van der Waals surface area (Å²) < 4.78 is 41.8. The number of benzene rings is 5. The van der Waals surface area contributed by atoms with Crippen molar-refractivity contribution in [1.29, 1.82) is 0 Å². The van der Waals surface area contributed by atoms with E-state index in [4.69, 9.17) is 28.4 Å². The summed E-state index contributed by atoms with van der Waals surface area (Å²) in [4.78, 5) is 0. The number of hydrogen-bond acceptors (Lipinski definition) is 13. The zero-order valence-electron chi connectivity index (χ0n) is 45.9. The number of phenolic OH excluding ortho intramolecular Hbond substituents is 3. The Morgan fingerprint density at radius 3 is 2.47 bits per heavy atom. The maximum absolute atomic E-state index is 13.5. The fourth-order valence-electron chi connectivity index (χ4n) is 16.0. The van der Waals surface area contributed by atoms with Gasteiger partial charge >= 0.3 is 0 Å². The van der Waals surface area contributed by atoms with Crippen LogP contribution in [0.3, 0.4) is 0 Å². The predicted molar refractivity (Wildman–Crippen MR) is 301 cm³/mol. The Bertz CT molecular complexity index is 3160. The van der Waals surface area contributed by atoms with Crippen molar-refractivity contribution in [3.8, 4) is 63.2 Å². The molecule has 13 heteroatoms. The quantitative estimate of drug-likeness (QED) is 0.0491. The molecule has 1 saturated heterocycles. The Morgan fingerprint density at radius 1 is 0.797 bits per heavy atom. The third kappa shape index (κ3) is 9.76. The van der Waals surface area contributed by atoms with Gasteiger partial charge in [0.15, 0.2) is 0 Å². The molecule has 5 aromatic carbocycles. The topological polar surface area (TPSA) is 181 Å². The molecule has 7 N–H and O–H groups in total. The molecule has 10 atom stereocenters. The number of rotatable bonds is 11. The zero-order valence-corrected chi connectivity index (χ0v) is 45.9. The molecule has 79 heavy (non-hydrogen) atoms. The van der Waals surface area contributed by atoms with E-state index < -0.39 is 47.9 Å². The van der Waals surface area contributed by atoms with Crippen LogP contribution in [0.1, 0.15) is 150 Å². The largest absolute Gasteiger partial charge is 0.508 e. The number of fused-ring (bicyclic) bond motifs is 5. The minimum absolute atomic E-state index is 0.0348. The first kappa shape index (κ1) is 52.6. The van der Waals surface area contributed by atoms with Gasteiger partial charge < -0.3 is 54.0 Å². The number of aliphatic hydroxyl groups excluding tert-OH is 2. The SMILES string of the molecule is CCc1cc(-c2cccc(O)c2)c(Cc2cc(OC3CCCC3)cc3c2OCC(C2C(CCCOC)Oc4c5cc(c6cc(O)ccc46)OCC#CC4CNC6(CCC7(CCCC7)C6)NC46CCC(O)CC6OC52)C3O)cc1O. The highest BCUT2D eigenvalue weighted by atomic mass is 16.5. The van der Waals surface area contributed by atoms with Gasteiger partial charge in [0, 0.05) is 72.4 Å². The van der Waals surface area contributed by atoms with E-state index in [1.807, 2.05) is 55.5 Å². The first-order chi connectivity index (χ1) is 38.4. The summed E-state index contributed by atoms with van der Waals surface area (Å²) in [6.45, 7) is 3.46. The number of methoxy groups -OCH3 is 1. The lowest BCUT2D eigenvalue weighted by atomic mass is 9.66. The number of aryl methyl sites for hydroxylation is 1. The van der Waals surface area contributed by atoms with Crippen LogP contribution >= 0.6 is 0 Å². The lowest BCUT2D eigenvalue weighted by molar-refractivity contribution is -0.181. The standard InChI is InChI=1S/C66H78N2O11/c1-3-39-30-50(40-11-8-13-44(69)28-40)41(31-55(39)72)27-42-29-48(77-47-14-4-5-15-47)34-52-60(73)54(37-76-61(42)52)59-56(16-10-25-74-2)78-62-49-18-17-45(70)32-51(49)57-35-53(62)63(59)79-58-33-46(71)19-22-66(58)43(12-9-26-75-57)36-67-65(68-66)24-23-64(38-65)20-6-7-21-64/h8,11,13,17-18,28-32,34-35,43,46-47,54,56,58-60,63,67-73H,3-7,10,14-16,19-27,33,36-38H2,1-2H3. The van der Waals surface area contributed by atoms with E-state index in [9.17, 15) is 25.5 Å². The molecule has 13 nitrogen and oxygen atoms in total. The average Bonchev–Trinajstić information content (AvgIpc) is 4.36. The second kappa shape index (κ2) is 21.3. The van der Waals surface area contributed by atoms with Crippen LogP contribution in [-0.4, -0.2) is 94.6 Å². The van der Waals surface area contributed by atoms with Gasteiger partial charge in [-0.15, -0.1) is 0 Å². The Kier molecular flexibility index (Phi) is 14.2. The van der Waals surface area contributed by atoms with Crippen LogP contribution in [-0.2, 0) is 22.3 Å². The van der Waals surface area contributed by atoms with Gasteiger partial charge in [0.05, 0.1) is 54.2 Å². The minimum atomic E-state index is -1.07. The van der Waals surface area contributed by atoms with Crippen molar-refractivity contribution in [2.24, 2.45) is 23.2 Å². The van der Waals surface area contributed by atoms with Gasteiger partial charge in [-0.3, -0.25) is 10.6 Å². The fourth-order valence-corrected chi connectivity index (χ4v) is 16.0. The average molecular weight is 1080 g/mol. The van der Waals surface area contributed by atoms with E-state index >= 15 is 0 Å². The third-order valence-corrected chi connectivity index (χ3v) is 19.9. The molecule has 418 valence electrons. The van der Waals surface area contributed by atoms with Gasteiger partial charge in [-0.05, 0) is 178 Å². The van der Waals surface area contributed by atoms with Crippen LogP contribution < -0.4 is 29.6 Å². The summed E-state index contributed by atoms with van der Waals surface area (Å²) in [6.07, 6.45) is 13.0. The highest BCUT2D eigenvalue weighted by molar-refractivity contribution is 5.96. The minimum Gasteiger partial charge on any atom is -0.508 e. The van der Waals surface area contributed by atoms with Gasteiger partial charge in [0.1, 0.15) is 53.0 Å². The molecule has 0 amide bonds. The highest BCUT2D eigenvalue weighted by Gasteiger charge is 2.61. The van der Waals surface area contributed by atoms with Crippen LogP contribution in [0.15, 0.2) is 72.8 Å². The number of aromatic hydroxyl groups is 3. The summed E-state index contributed by atoms with van der Waals surface area (Å²) in [5.74, 6) is 8.77. The van der Waals surface area contributed by atoms with Crippen molar-refractivity contribution in [3.05, 3.63) is 101 Å². The summed E-state index contributed by atoms with van der Waals surface area (Å²) in [7, 11) is 1.71. The maximum atomic E-state index is 13.5. The molecule has 4 saturated carbocycles. The van der Waals surface area contributed by atoms with E-state index in [0.717, 1.165) is 77.3 Å². The summed E-state index contributed by atoms with van der Waals surface area (Å²) in [6, 6.07) is 22.3. The van der Waals surface area contributed by atoms with Gasteiger partial charge in [-0.1, -0.05) is 43.7 Å². The molecule has 8 aliphatic rings. The van der Waals surface area contributed by atoms with Crippen LogP contribution in [0.2, 0.25) is 0 Å². The van der Waals surface area contributed by atoms with E-state index in [0.29, 0.717) is 97.5 Å². The van der Waals surface area contributed by atoms with Gasteiger partial charge in [-0.25, -0.2) is 0 Å². The van der Waals surface area contributed by atoms with Gasteiger partial charge in [0.25, 0.3) is 0 Å². The first-order valence-corrected chi connectivity index (χ1v) is 29.7. The Balaban J connectivity index is 0.949. The molecule has 4 aliphatic carbocycles. The predicted octanol–water partition coefficient (Wildman–Crippen LogP) is 11.0. The van der Waals surface area contributed by atoms with Crippen molar-refractivity contribution in [2.75, 3.05) is 33.5 Å². The zero-order chi connectivity index (χ0) is 54.0. The molecule has 2 bridgehead atoms. The number of hydrogen-bond donors (Lipinski definition) is 7. The fraction of sp³-hybridized carbons (Fsp3) is 0.545. The Labute approximate surface area is 464 Å². The molecular weight excluding hydrogens is 997 g/mol. The monoisotopic (exact) mass is 1070 g/mol. The molecule has 4 heterocycles. The summed E-state index contributed by atoms with van der Waals surface area (Å²) in [5.41, 5.74) is 4.96. The normalized spacial score (nSPS) is 30.7. The summed E-state index contributed by atoms with van der Waals surface area (Å²) in [5, 5.41) is 68.4. The van der Waals surface area contributed by atoms with Crippen LogP contribution in [0.5, 0.6) is 40.2 Å². The molecule has 4 aliphatic heterocycles. The lowest BCUT2D eigenvalue weighted by Crippen LogP contribution is -2.77. The third-order valence-electron chi connectivity index (χ3n) is 19.9. The van der Waals surface area contributed by atoms with Crippen molar-refractivity contribution in [3.63, 3.8) is 0 Å². The smallest absolute Gasteiger partial charge is 0.149 e. The molecule has 0 aromatic heterocycles. The molecule has 5 fully saturated rings. The second-order valence-corrected chi connectivity index (χ2v) is 24.7. The van der Waals surface area contributed by atoms with E-state index in [2.05, 4.69) is 22.5 Å². The highest BCUT2D eigenvalue weighted by Crippen LogP contribution is 2.59. The van der Waals surface area contributed by atoms with Crippen molar-refractivity contribution in [1.82, 2.24) is 10.6 Å². The van der Waals surface area contributed by atoms with Crippen LogP contribution in [0, 0.1) is 35.0 Å². The van der Waals surface area contributed by atoms with E-state index in [1.165, 1.54) is 32.1 Å². The van der Waals surface area contributed by atoms with Gasteiger partial charge in [-0.2, -0.15) is 0 Å². The molecule has 5 aromatic rings. The van der Waals surface area contributed by atoms with Gasteiger partial charge in [0.2, 0.25) is 0 Å². The molecular formula is C66H78N2O11. The number of nitrogens with one attached hydrogen (secondary N) is 2. The van der Waals surface area contributed by atoms with Crippen molar-refractivity contribution in [2.45, 2.75) is 170 Å². The van der Waals surface area contributed by atoms with Crippen LogP contribution in [0.4, 0.5) is 0 Å².